The Morgan fingerprint density at radius 2 is 0.792 bits per heavy atom. The van der Waals surface area contributed by atoms with Gasteiger partial charge in [-0.2, -0.15) is 0 Å². The Bertz CT molecular complexity index is 5140. The number of anilines is 5. The molecule has 814 valence electrons. The van der Waals surface area contributed by atoms with Crippen molar-refractivity contribution < 1.29 is 4.74 Å². The van der Waals surface area contributed by atoms with Crippen LogP contribution in [0.2, 0.25) is 0 Å². The van der Waals surface area contributed by atoms with Crippen molar-refractivity contribution in [3.8, 4) is 0 Å². The molecule has 10 aliphatic rings. The molecule has 3 aromatic heterocycles. The maximum atomic E-state index is 5.13. The standard InChI is InChI=1S/C15H24N2.C15H23NO.C15H21N.C14H22N2.C14H21N.C13H22N4.C13H20N2.C12H18N2S.C11H17N3.C7H8/c1-4-14(3)16-9-11-17(12-10-16)15-7-5-13(2)6-8-15;1-13-3-5-14(6-4-13)15-7-9-16(10-8-15)11-12-17-2;1-3-10-16-11-8-15(9-12-16)14-6-4-13(2)5-7-14;1-11-5-7-14(8-6-11)16-9-12(2)15(4)13(3)10-16;1-3-15-10-8-14(9-11-15)13-6-4-12(2)5-7-13;1-11(2)16-5-4-6-17(8-7-16)13-10-14-12(3)9-15-13;1-3-14-8-10-15(11-9-14)13-6-4-12(2)5-7-13;1-10-4-5-12(15-10)14-8-7-13-6-2-3-11(13)9-14;1-9-7-13-11(8-12-9)10-3-5-14(2)6-4-10;1-7-5-3-2-4-6-7/h5-8,14H,4,9-12H2,1-3H3;3-6,15H,7-12H2,1-2H3;3-7,15H,1,8-12H2,2H3;5-8,12-13H,9-10H2,1-4H3;4-7,14H,3,8-11H2,1-2H3;9-11H,4-8H2,1-3H3;4-7H,3,8-11H2,1-2H3;4-5,11H,2-3,6-9H2,1H3;7-8,10H,3-6H2,1-2H3;2-6H,1H3/t;;;12-,13+;;;;;;. The van der Waals surface area contributed by atoms with Crippen LogP contribution in [0.4, 0.5) is 27.9 Å². The first-order valence-electron chi connectivity index (χ1n) is 57.5. The topological polar surface area (TPSA) is 106 Å². The number of benzene rings is 7. The van der Waals surface area contributed by atoms with Gasteiger partial charge >= 0.3 is 0 Å². The molecule has 10 saturated heterocycles. The minimum atomic E-state index is 0.624. The second kappa shape index (κ2) is 64.7. The second-order valence-corrected chi connectivity index (χ2v) is 45.6. The highest BCUT2D eigenvalue weighted by molar-refractivity contribution is 7.16. The van der Waals surface area contributed by atoms with Crippen molar-refractivity contribution in [3.05, 3.63) is 303 Å². The third kappa shape index (κ3) is 41.3. The van der Waals surface area contributed by atoms with Gasteiger partial charge in [0, 0.05) is 202 Å². The summed E-state index contributed by atoms with van der Waals surface area (Å²) < 4.78 is 5.13. The third-order valence-corrected chi connectivity index (χ3v) is 33.7. The molecule has 20 heteroatoms. The number of aromatic nitrogens is 4. The highest BCUT2D eigenvalue weighted by atomic mass is 32.1. The average molecular weight is 2050 g/mol. The molecule has 0 bridgehead atoms. The molecule has 20 rings (SSSR count). The van der Waals surface area contributed by atoms with Crippen molar-refractivity contribution in [1.82, 2.24) is 64.0 Å². The highest BCUT2D eigenvalue weighted by Gasteiger charge is 2.33. The molecular formula is C129H196N18OS. The second-order valence-electron chi connectivity index (χ2n) is 44.4. The lowest BCUT2D eigenvalue weighted by atomic mass is 9.89. The predicted octanol–water partition coefficient (Wildman–Crippen LogP) is 24.6. The van der Waals surface area contributed by atoms with Gasteiger partial charge in [0.1, 0.15) is 5.82 Å². The molecule has 2 unspecified atom stereocenters. The lowest BCUT2D eigenvalue weighted by Gasteiger charge is -2.43. The summed E-state index contributed by atoms with van der Waals surface area (Å²) in [5.74, 6) is 3.96. The van der Waals surface area contributed by atoms with Gasteiger partial charge in [0.05, 0.1) is 41.1 Å². The molecule has 0 amide bonds. The minimum Gasteiger partial charge on any atom is -0.383 e. The molecule has 10 aromatic rings. The van der Waals surface area contributed by atoms with Gasteiger partial charge in [0.25, 0.3) is 0 Å². The fourth-order valence-corrected chi connectivity index (χ4v) is 22.7. The van der Waals surface area contributed by atoms with Gasteiger partial charge in [-0.15, -0.1) is 17.9 Å². The quantitative estimate of drug-likeness (QED) is 0.0716. The monoisotopic (exact) mass is 2050 g/mol. The zero-order chi connectivity index (χ0) is 106. The largest absolute Gasteiger partial charge is 0.383 e. The first-order valence-corrected chi connectivity index (χ1v) is 58.3. The van der Waals surface area contributed by atoms with Gasteiger partial charge in [-0.3, -0.25) is 39.5 Å². The van der Waals surface area contributed by atoms with Gasteiger partial charge in [-0.1, -0.05) is 205 Å². The molecule has 0 spiro atoms. The van der Waals surface area contributed by atoms with Crippen LogP contribution in [0.15, 0.2) is 225 Å². The van der Waals surface area contributed by atoms with Crippen LogP contribution in [0.5, 0.6) is 0 Å². The maximum Gasteiger partial charge on any atom is 0.147 e. The number of piperidine rings is 4. The predicted molar refractivity (Wildman–Crippen MR) is 640 cm³/mol. The van der Waals surface area contributed by atoms with E-state index >= 15 is 0 Å². The zero-order valence-electron chi connectivity index (χ0n) is 96.5. The lowest BCUT2D eigenvalue weighted by Crippen LogP contribution is -2.55. The number of hydrogen-bond donors (Lipinski definition) is 0. The first kappa shape index (κ1) is 120. The van der Waals surface area contributed by atoms with E-state index in [2.05, 4.69) is 390 Å². The van der Waals surface area contributed by atoms with E-state index in [4.69, 9.17) is 4.74 Å². The van der Waals surface area contributed by atoms with Crippen molar-refractivity contribution in [1.29, 1.82) is 0 Å². The summed E-state index contributed by atoms with van der Waals surface area (Å²) in [7, 11) is 6.18. The van der Waals surface area contributed by atoms with Crippen LogP contribution in [0.25, 0.3) is 0 Å². The summed E-state index contributed by atoms with van der Waals surface area (Å²) in [5, 5.41) is 1.47. The van der Waals surface area contributed by atoms with Gasteiger partial charge in [-0.05, 0) is 350 Å². The van der Waals surface area contributed by atoms with Gasteiger partial charge in [-0.25, -0.2) is 4.98 Å². The number of piperazine rings is 4. The van der Waals surface area contributed by atoms with Crippen LogP contribution in [0.1, 0.15) is 234 Å². The summed E-state index contributed by atoms with van der Waals surface area (Å²) in [6.07, 6.45) is 25.1. The summed E-state index contributed by atoms with van der Waals surface area (Å²) in [6.45, 7) is 79.5. The molecule has 10 fully saturated rings. The average Bonchev–Trinajstić information content (AvgIpc) is 1.38. The maximum absolute atomic E-state index is 5.13. The van der Waals surface area contributed by atoms with Crippen LogP contribution in [0, 0.1) is 69.2 Å². The Labute approximate surface area is 909 Å². The molecule has 149 heavy (non-hydrogen) atoms. The normalized spacial score (nSPS) is 20.1. The number of rotatable bonds is 19. The number of nitrogens with zero attached hydrogens (tertiary/aromatic N) is 18. The number of likely N-dealkylation sites (tertiary alicyclic amines) is 4. The van der Waals surface area contributed by atoms with Crippen molar-refractivity contribution in [3.63, 3.8) is 0 Å². The molecule has 10 aliphatic heterocycles. The van der Waals surface area contributed by atoms with Crippen LogP contribution in [-0.2, 0) is 4.74 Å². The van der Waals surface area contributed by atoms with Crippen molar-refractivity contribution >= 4 is 39.2 Å². The fraction of sp³-hybridized carbons (Fsp3) is 0.566. The summed E-state index contributed by atoms with van der Waals surface area (Å²) in [4.78, 5) is 54.0. The van der Waals surface area contributed by atoms with Crippen LogP contribution < -0.4 is 24.5 Å². The van der Waals surface area contributed by atoms with E-state index in [1.807, 2.05) is 74.2 Å². The summed E-state index contributed by atoms with van der Waals surface area (Å²) >= 11 is 1.94. The van der Waals surface area contributed by atoms with Crippen LogP contribution in [-0.4, -0.2) is 318 Å². The Hall–Kier alpha value is -9.26. The SMILES string of the molecule is C=CCN1CCC(c2ccc(C)cc2)CC1.CCC(C)N1CCN(c2ccc(C)cc2)CC1.CCN1CCC(c2ccc(C)cc2)CC1.CCN1CCN(c2ccc(C)cc2)CC1.COCCN1CCC(c2ccc(C)cc2)CC1.Cc1ccc(N2CCN3CCCC3C2)s1.Cc1ccc(N2C[C@@H](C)N(C)[C@@H](C)C2)cc1.Cc1ccccc1.Cc1cnc(C2CCN(C)CC2)cn1.Cc1cnc(N2CCCN(C(C)C)CC2)cn1. The minimum absolute atomic E-state index is 0.624. The Morgan fingerprint density at radius 3 is 1.21 bits per heavy atom. The summed E-state index contributed by atoms with van der Waals surface area (Å²) in [6, 6.07) is 72.1. The highest BCUT2D eigenvalue weighted by Crippen LogP contribution is 2.35. The lowest BCUT2D eigenvalue weighted by molar-refractivity contribution is 0.130. The Balaban J connectivity index is 0.000000158. The number of likely N-dealkylation sites (N-methyl/N-ethyl adjacent to an activating group) is 2. The molecule has 0 saturated carbocycles. The molecular weight excluding hydrogens is 1850 g/mol. The molecule has 19 nitrogen and oxygen atoms in total. The third-order valence-electron chi connectivity index (χ3n) is 32.6. The zero-order valence-corrected chi connectivity index (χ0v) is 97.3. The van der Waals surface area contributed by atoms with E-state index in [0.717, 1.165) is 126 Å². The number of aryl methyl sites for hydroxylation is 10. The van der Waals surface area contributed by atoms with Crippen molar-refractivity contribution in [2.75, 3.05) is 249 Å². The molecule has 7 aromatic carbocycles. The Morgan fingerprint density at radius 1 is 0.369 bits per heavy atom. The number of hydrogen-bond acceptors (Lipinski definition) is 20. The molecule has 13 heterocycles. The van der Waals surface area contributed by atoms with Gasteiger partial charge in [0.2, 0.25) is 0 Å². The van der Waals surface area contributed by atoms with E-state index in [1.54, 1.807) is 7.11 Å². The van der Waals surface area contributed by atoms with E-state index < -0.39 is 0 Å². The summed E-state index contributed by atoms with van der Waals surface area (Å²) in [5.41, 5.74) is 21.2. The van der Waals surface area contributed by atoms with E-state index in [1.165, 1.54) is 290 Å². The molecule has 0 radical (unpaired) electrons. The Kier molecular flexibility index (Phi) is 52.1. The number of thiophene rings is 1. The van der Waals surface area contributed by atoms with E-state index in [0.29, 0.717) is 24.0 Å². The van der Waals surface area contributed by atoms with E-state index in [9.17, 15) is 0 Å². The van der Waals surface area contributed by atoms with Gasteiger partial charge in [0.15, 0.2) is 0 Å². The van der Waals surface area contributed by atoms with Gasteiger partial charge < -0.3 is 48.8 Å². The van der Waals surface area contributed by atoms with Crippen molar-refractivity contribution in [2.45, 2.75) is 256 Å². The number of methoxy groups -OCH3 is 1. The molecule has 0 N–H and O–H groups in total. The fourth-order valence-electron chi connectivity index (χ4n) is 21.8. The number of ether oxygens (including phenoxy) is 1. The first-order chi connectivity index (χ1) is 72.1. The molecule has 0 aliphatic carbocycles. The van der Waals surface area contributed by atoms with Crippen LogP contribution >= 0.6 is 11.3 Å². The molecule has 4 atom stereocenters. The van der Waals surface area contributed by atoms with Crippen molar-refractivity contribution in [2.24, 2.45) is 0 Å². The number of fused-ring (bicyclic) bond motifs is 1. The van der Waals surface area contributed by atoms with E-state index in [-0.39, 0.29) is 0 Å². The van der Waals surface area contributed by atoms with Crippen LogP contribution in [0.3, 0.4) is 0 Å². The smallest absolute Gasteiger partial charge is 0.147 e.